The van der Waals surface area contributed by atoms with Gasteiger partial charge in [0.15, 0.2) is 0 Å². The van der Waals surface area contributed by atoms with Gasteiger partial charge in [0, 0.05) is 18.3 Å². The van der Waals surface area contributed by atoms with Crippen molar-refractivity contribution in [3.05, 3.63) is 48.0 Å². The van der Waals surface area contributed by atoms with Gasteiger partial charge in [0.05, 0.1) is 12.4 Å². The van der Waals surface area contributed by atoms with Crippen molar-refractivity contribution in [3.63, 3.8) is 0 Å². The van der Waals surface area contributed by atoms with Crippen molar-refractivity contribution >= 4 is 23.7 Å². The van der Waals surface area contributed by atoms with Crippen LogP contribution >= 0.6 is 0 Å². The predicted molar refractivity (Wildman–Crippen MR) is 144 cm³/mol. The molecule has 8 N–H and O–H groups in total. The fraction of sp³-hybridized carbons (Fsp3) is 0.519. The molecule has 1 aromatic carbocycles. The molecule has 12 heteroatoms. The number of imidazole rings is 1. The summed E-state index contributed by atoms with van der Waals surface area (Å²) in [5.74, 6) is -3.12. The maximum atomic E-state index is 13.4. The van der Waals surface area contributed by atoms with Crippen LogP contribution in [0.1, 0.15) is 51.8 Å². The van der Waals surface area contributed by atoms with Crippen molar-refractivity contribution in [2.75, 3.05) is 0 Å². The number of carboxylic acids is 1. The molecule has 0 radical (unpaired) electrons. The lowest BCUT2D eigenvalue weighted by molar-refractivity contribution is -0.142. The van der Waals surface area contributed by atoms with Crippen LogP contribution in [0.25, 0.3) is 0 Å². The Morgan fingerprint density at radius 2 is 1.59 bits per heavy atom. The molecule has 1 heterocycles. The number of H-pyrrole nitrogens is 1. The molecule has 2 rings (SSSR count). The van der Waals surface area contributed by atoms with E-state index in [2.05, 4.69) is 25.9 Å². The van der Waals surface area contributed by atoms with E-state index in [9.17, 15) is 29.4 Å². The summed E-state index contributed by atoms with van der Waals surface area (Å²) in [6, 6.07) is 2.17. The number of hydrogen-bond acceptors (Lipinski definition) is 7. The molecular formula is C27H40N6O6. The number of benzene rings is 1. The van der Waals surface area contributed by atoms with Gasteiger partial charge in [-0.3, -0.25) is 14.4 Å². The summed E-state index contributed by atoms with van der Waals surface area (Å²) in [5, 5.41) is 27.0. The van der Waals surface area contributed by atoms with E-state index in [0.29, 0.717) is 12.1 Å². The minimum atomic E-state index is -1.23. The number of aromatic hydroxyl groups is 1. The second-order valence-corrected chi connectivity index (χ2v) is 10.2. The molecule has 12 nitrogen and oxygen atoms in total. The van der Waals surface area contributed by atoms with Crippen LogP contribution in [0, 0.1) is 11.8 Å². The molecule has 1 aromatic heterocycles. The third-order valence-corrected chi connectivity index (χ3v) is 6.46. The van der Waals surface area contributed by atoms with E-state index in [0.717, 1.165) is 5.56 Å². The highest BCUT2D eigenvalue weighted by Crippen LogP contribution is 2.14. The predicted octanol–water partition coefficient (Wildman–Crippen LogP) is 0.859. The largest absolute Gasteiger partial charge is 0.508 e. The summed E-state index contributed by atoms with van der Waals surface area (Å²) in [6.07, 6.45) is 3.91. The number of nitrogens with one attached hydrogen (secondary N) is 4. The first-order chi connectivity index (χ1) is 18.4. The molecule has 5 atom stereocenters. The van der Waals surface area contributed by atoms with Crippen LogP contribution in [-0.4, -0.2) is 68.0 Å². The van der Waals surface area contributed by atoms with Crippen LogP contribution < -0.4 is 21.7 Å². The molecular weight excluding hydrogens is 504 g/mol. The Balaban J connectivity index is 2.12. The van der Waals surface area contributed by atoms with Crippen LogP contribution in [0.2, 0.25) is 0 Å². The fourth-order valence-corrected chi connectivity index (χ4v) is 3.99. The normalized spacial score (nSPS) is 15.0. The van der Waals surface area contributed by atoms with Crippen LogP contribution in [-0.2, 0) is 32.0 Å². The molecule has 0 saturated heterocycles. The number of hydrogen-bond donors (Lipinski definition) is 7. The SMILES string of the molecule is CCC(C)C(NC(=O)C(N)Cc1ccc(O)cc1)C(=O)NC(CC(C)C)C(=O)NC(Cc1cnc[nH]1)C(=O)O. The van der Waals surface area contributed by atoms with Gasteiger partial charge in [0.1, 0.15) is 23.9 Å². The maximum absolute atomic E-state index is 13.4. The third kappa shape index (κ3) is 10.0. The Kier molecular flexibility index (Phi) is 11.9. The second kappa shape index (κ2) is 14.9. The fourth-order valence-electron chi connectivity index (χ4n) is 3.99. The molecule has 0 fully saturated rings. The van der Waals surface area contributed by atoms with Crippen LogP contribution in [0.4, 0.5) is 0 Å². The number of phenolic OH excluding ortho intramolecular Hbond substituents is 1. The van der Waals surface area contributed by atoms with Gasteiger partial charge < -0.3 is 36.9 Å². The number of amides is 3. The van der Waals surface area contributed by atoms with Gasteiger partial charge in [-0.15, -0.1) is 0 Å². The Morgan fingerprint density at radius 3 is 2.13 bits per heavy atom. The minimum absolute atomic E-state index is 0.00606. The van der Waals surface area contributed by atoms with Gasteiger partial charge in [-0.2, -0.15) is 0 Å². The molecule has 0 saturated carbocycles. The lowest BCUT2D eigenvalue weighted by atomic mass is 9.96. The molecule has 2 aromatic rings. The number of carbonyl (C=O) groups excluding carboxylic acids is 3. The summed E-state index contributed by atoms with van der Waals surface area (Å²) in [6.45, 7) is 7.43. The van der Waals surface area contributed by atoms with E-state index in [1.54, 1.807) is 19.1 Å². The average Bonchev–Trinajstić information content (AvgIpc) is 3.39. The minimum Gasteiger partial charge on any atom is -0.508 e. The monoisotopic (exact) mass is 544 g/mol. The second-order valence-electron chi connectivity index (χ2n) is 10.2. The van der Waals surface area contributed by atoms with Gasteiger partial charge in [-0.1, -0.05) is 46.2 Å². The zero-order valence-corrected chi connectivity index (χ0v) is 22.8. The molecule has 0 aliphatic carbocycles. The highest BCUT2D eigenvalue weighted by atomic mass is 16.4. The molecule has 39 heavy (non-hydrogen) atoms. The summed E-state index contributed by atoms with van der Waals surface area (Å²) in [5.41, 5.74) is 7.38. The summed E-state index contributed by atoms with van der Waals surface area (Å²) >= 11 is 0. The van der Waals surface area contributed by atoms with Gasteiger partial charge in [-0.25, -0.2) is 9.78 Å². The molecule has 3 amide bonds. The first-order valence-electron chi connectivity index (χ1n) is 13.1. The number of nitrogens with zero attached hydrogens (tertiary/aromatic N) is 1. The van der Waals surface area contributed by atoms with E-state index < -0.39 is 47.9 Å². The number of nitrogens with two attached hydrogens (primary N) is 1. The van der Waals surface area contributed by atoms with Crippen molar-refractivity contribution in [1.82, 2.24) is 25.9 Å². The van der Waals surface area contributed by atoms with Crippen molar-refractivity contribution in [3.8, 4) is 5.75 Å². The highest BCUT2D eigenvalue weighted by molar-refractivity contribution is 5.94. The first kappa shape index (κ1) is 31.3. The average molecular weight is 545 g/mol. The highest BCUT2D eigenvalue weighted by Gasteiger charge is 2.33. The molecule has 5 unspecified atom stereocenters. The smallest absolute Gasteiger partial charge is 0.326 e. The molecule has 0 bridgehead atoms. The standard InChI is InChI=1S/C27H40N6O6/c1-5-16(4)23(33-24(35)20(28)11-17-6-8-19(34)9-7-17)26(37)31-21(10-15(2)3)25(36)32-22(27(38)39)12-18-13-29-14-30-18/h6-9,13-16,20-23,34H,5,10-12,28H2,1-4H3,(H,29,30)(H,31,37)(H,32,36)(H,33,35)(H,38,39). The van der Waals surface area contributed by atoms with E-state index in [1.165, 1.54) is 24.7 Å². The summed E-state index contributed by atoms with van der Waals surface area (Å²) in [7, 11) is 0. The number of phenols is 1. The topological polar surface area (TPSA) is 200 Å². The van der Waals surface area contributed by atoms with E-state index in [-0.39, 0.29) is 36.8 Å². The first-order valence-corrected chi connectivity index (χ1v) is 13.1. The van der Waals surface area contributed by atoms with Crippen LogP contribution in [0.5, 0.6) is 5.75 Å². The van der Waals surface area contributed by atoms with Gasteiger partial charge in [0.2, 0.25) is 17.7 Å². The van der Waals surface area contributed by atoms with Crippen molar-refractivity contribution in [2.24, 2.45) is 17.6 Å². The van der Waals surface area contributed by atoms with E-state index >= 15 is 0 Å². The lowest BCUT2D eigenvalue weighted by Gasteiger charge is -2.28. The number of aliphatic carboxylic acids is 1. The number of carboxylic acid groups (broad SMARTS) is 1. The zero-order chi connectivity index (χ0) is 29.1. The lowest BCUT2D eigenvalue weighted by Crippen LogP contribution is -2.59. The third-order valence-electron chi connectivity index (χ3n) is 6.46. The van der Waals surface area contributed by atoms with E-state index in [1.807, 2.05) is 20.8 Å². The Bertz CT molecular complexity index is 1090. The Morgan fingerprint density at radius 1 is 0.949 bits per heavy atom. The van der Waals surface area contributed by atoms with Gasteiger partial charge >= 0.3 is 5.97 Å². The molecule has 0 spiro atoms. The number of aromatic amines is 1. The summed E-state index contributed by atoms with van der Waals surface area (Å²) < 4.78 is 0. The van der Waals surface area contributed by atoms with Crippen LogP contribution in [0.15, 0.2) is 36.8 Å². The molecule has 0 aliphatic heterocycles. The van der Waals surface area contributed by atoms with Crippen LogP contribution in [0.3, 0.4) is 0 Å². The maximum Gasteiger partial charge on any atom is 0.326 e. The van der Waals surface area contributed by atoms with Gasteiger partial charge in [-0.05, 0) is 42.4 Å². The van der Waals surface area contributed by atoms with E-state index in [4.69, 9.17) is 5.73 Å². The van der Waals surface area contributed by atoms with Gasteiger partial charge in [0.25, 0.3) is 0 Å². The Hall–Kier alpha value is -3.93. The van der Waals surface area contributed by atoms with Crippen molar-refractivity contribution in [2.45, 2.75) is 77.5 Å². The number of rotatable bonds is 15. The quantitative estimate of drug-likeness (QED) is 0.171. The van der Waals surface area contributed by atoms with Crippen molar-refractivity contribution in [1.29, 1.82) is 0 Å². The zero-order valence-electron chi connectivity index (χ0n) is 22.8. The molecule has 214 valence electrons. The van der Waals surface area contributed by atoms with Crippen molar-refractivity contribution < 1.29 is 29.4 Å². The Labute approximate surface area is 228 Å². The number of aromatic nitrogens is 2. The number of carbonyl (C=O) groups is 4. The summed E-state index contributed by atoms with van der Waals surface area (Å²) in [4.78, 5) is 57.9. The molecule has 0 aliphatic rings.